The standard InChI is InChI=1S/C26H21NS/c1-17(2)19-14-15-27-23(16-19)21-11-6-12-22-25-20(18-8-4-3-5-9-18)10-7-13-24(25)28-26(21)22/h3-17H,1-2H3. The van der Waals surface area contributed by atoms with Crippen LogP contribution >= 0.6 is 11.3 Å². The summed E-state index contributed by atoms with van der Waals surface area (Å²) in [5.41, 5.74) is 6.17. The van der Waals surface area contributed by atoms with Gasteiger partial charge in [-0.25, -0.2) is 0 Å². The van der Waals surface area contributed by atoms with Crippen LogP contribution in [-0.4, -0.2) is 4.98 Å². The molecule has 2 heteroatoms. The average molecular weight is 380 g/mol. The number of hydrogen-bond donors (Lipinski definition) is 0. The van der Waals surface area contributed by atoms with Crippen molar-refractivity contribution in [1.82, 2.24) is 4.98 Å². The predicted octanol–water partition coefficient (Wildman–Crippen LogP) is 7.91. The quantitative estimate of drug-likeness (QED) is 0.310. The monoisotopic (exact) mass is 379 g/mol. The van der Waals surface area contributed by atoms with Crippen molar-refractivity contribution in [1.29, 1.82) is 0 Å². The molecule has 0 fully saturated rings. The van der Waals surface area contributed by atoms with E-state index in [1.807, 2.05) is 17.5 Å². The first-order valence-corrected chi connectivity index (χ1v) is 10.5. The zero-order valence-corrected chi connectivity index (χ0v) is 16.8. The van der Waals surface area contributed by atoms with Crippen molar-refractivity contribution in [3.8, 4) is 22.4 Å². The summed E-state index contributed by atoms with van der Waals surface area (Å²) < 4.78 is 2.64. The Morgan fingerprint density at radius 1 is 0.786 bits per heavy atom. The van der Waals surface area contributed by atoms with Gasteiger partial charge in [-0.3, -0.25) is 4.98 Å². The SMILES string of the molecule is CC(C)c1ccnc(-c2cccc3c2sc2cccc(-c4ccccc4)c23)c1. The Morgan fingerprint density at radius 2 is 1.57 bits per heavy atom. The van der Waals surface area contributed by atoms with Gasteiger partial charge in [-0.05, 0) is 40.8 Å². The van der Waals surface area contributed by atoms with Crippen LogP contribution in [0.5, 0.6) is 0 Å². The predicted molar refractivity (Wildman–Crippen MR) is 122 cm³/mol. The van der Waals surface area contributed by atoms with Gasteiger partial charge >= 0.3 is 0 Å². The zero-order chi connectivity index (χ0) is 19.1. The van der Waals surface area contributed by atoms with Crippen molar-refractivity contribution < 1.29 is 0 Å². The van der Waals surface area contributed by atoms with E-state index in [1.165, 1.54) is 42.4 Å². The molecule has 2 heterocycles. The van der Waals surface area contributed by atoms with Crippen LogP contribution in [0, 0.1) is 0 Å². The molecule has 3 aromatic carbocycles. The molecule has 2 aromatic heterocycles. The first-order chi connectivity index (χ1) is 13.7. The van der Waals surface area contributed by atoms with E-state index in [2.05, 4.69) is 92.7 Å². The fourth-order valence-electron chi connectivity index (χ4n) is 3.86. The molecule has 0 N–H and O–H groups in total. The van der Waals surface area contributed by atoms with E-state index in [1.54, 1.807) is 0 Å². The van der Waals surface area contributed by atoms with Crippen LogP contribution in [0.3, 0.4) is 0 Å². The summed E-state index contributed by atoms with van der Waals surface area (Å²) in [6.07, 6.45) is 1.94. The summed E-state index contributed by atoms with van der Waals surface area (Å²) in [5.74, 6) is 0.494. The Labute approximate surface area is 169 Å². The van der Waals surface area contributed by atoms with E-state index in [-0.39, 0.29) is 0 Å². The van der Waals surface area contributed by atoms with E-state index in [9.17, 15) is 0 Å². The van der Waals surface area contributed by atoms with Gasteiger partial charge in [0.25, 0.3) is 0 Å². The second-order valence-corrected chi connectivity index (χ2v) is 8.51. The molecule has 5 aromatic rings. The maximum absolute atomic E-state index is 4.70. The lowest BCUT2D eigenvalue weighted by Gasteiger charge is -2.08. The minimum atomic E-state index is 0.494. The Kier molecular flexibility index (Phi) is 4.22. The van der Waals surface area contributed by atoms with Crippen LogP contribution in [0.2, 0.25) is 0 Å². The summed E-state index contributed by atoms with van der Waals surface area (Å²) in [5, 5.41) is 2.66. The van der Waals surface area contributed by atoms with Crippen molar-refractivity contribution in [3.63, 3.8) is 0 Å². The molecule has 0 bridgehead atoms. The highest BCUT2D eigenvalue weighted by Gasteiger charge is 2.15. The first kappa shape index (κ1) is 17.2. The number of thiophene rings is 1. The van der Waals surface area contributed by atoms with Crippen molar-refractivity contribution >= 4 is 31.5 Å². The minimum Gasteiger partial charge on any atom is -0.256 e. The Morgan fingerprint density at radius 3 is 2.39 bits per heavy atom. The highest BCUT2D eigenvalue weighted by Crippen LogP contribution is 2.43. The molecule has 0 saturated heterocycles. The van der Waals surface area contributed by atoms with Gasteiger partial charge in [0.2, 0.25) is 0 Å². The van der Waals surface area contributed by atoms with E-state index < -0.39 is 0 Å². The van der Waals surface area contributed by atoms with E-state index >= 15 is 0 Å². The normalized spacial score (nSPS) is 11.5. The molecule has 0 radical (unpaired) electrons. The maximum Gasteiger partial charge on any atom is 0.0719 e. The topological polar surface area (TPSA) is 12.9 Å². The second kappa shape index (κ2) is 6.88. The lowest BCUT2D eigenvalue weighted by molar-refractivity contribution is 0.864. The van der Waals surface area contributed by atoms with Gasteiger partial charge in [-0.15, -0.1) is 11.3 Å². The number of pyridine rings is 1. The molecule has 0 aliphatic rings. The van der Waals surface area contributed by atoms with Crippen LogP contribution in [0.15, 0.2) is 85.1 Å². The molecular weight excluding hydrogens is 358 g/mol. The molecule has 0 aliphatic heterocycles. The molecule has 0 amide bonds. The zero-order valence-electron chi connectivity index (χ0n) is 16.0. The van der Waals surface area contributed by atoms with Crippen molar-refractivity contribution in [2.45, 2.75) is 19.8 Å². The molecule has 0 saturated carbocycles. The van der Waals surface area contributed by atoms with Gasteiger partial charge in [0.1, 0.15) is 0 Å². The summed E-state index contributed by atoms with van der Waals surface area (Å²) in [7, 11) is 0. The number of rotatable bonds is 3. The molecule has 136 valence electrons. The Hall–Kier alpha value is -2.97. The number of aromatic nitrogens is 1. The summed E-state index contributed by atoms with van der Waals surface area (Å²) in [6.45, 7) is 4.45. The van der Waals surface area contributed by atoms with E-state index in [0.29, 0.717) is 5.92 Å². The summed E-state index contributed by atoms with van der Waals surface area (Å²) in [6, 6.07) is 28.3. The number of nitrogens with zero attached hydrogens (tertiary/aromatic N) is 1. The van der Waals surface area contributed by atoms with Crippen LogP contribution < -0.4 is 0 Å². The Balaban J connectivity index is 1.80. The second-order valence-electron chi connectivity index (χ2n) is 7.46. The summed E-state index contributed by atoms with van der Waals surface area (Å²) >= 11 is 1.87. The molecule has 5 rings (SSSR count). The third-order valence-corrected chi connectivity index (χ3v) is 6.54. The Bertz CT molecular complexity index is 1280. The molecule has 0 aliphatic carbocycles. The highest BCUT2D eigenvalue weighted by molar-refractivity contribution is 7.26. The van der Waals surface area contributed by atoms with Gasteiger partial charge in [0.05, 0.1) is 5.69 Å². The van der Waals surface area contributed by atoms with Crippen LogP contribution in [0.4, 0.5) is 0 Å². The number of fused-ring (bicyclic) bond motifs is 3. The largest absolute Gasteiger partial charge is 0.256 e. The molecular formula is C26H21NS. The third kappa shape index (κ3) is 2.81. The fourth-order valence-corrected chi connectivity index (χ4v) is 5.11. The van der Waals surface area contributed by atoms with Crippen molar-refractivity contribution in [2.24, 2.45) is 0 Å². The van der Waals surface area contributed by atoms with Crippen molar-refractivity contribution in [2.75, 3.05) is 0 Å². The minimum absolute atomic E-state index is 0.494. The molecule has 0 spiro atoms. The van der Waals surface area contributed by atoms with Gasteiger partial charge in [-0.2, -0.15) is 0 Å². The summed E-state index contributed by atoms with van der Waals surface area (Å²) in [4.78, 5) is 4.70. The smallest absolute Gasteiger partial charge is 0.0719 e. The maximum atomic E-state index is 4.70. The van der Waals surface area contributed by atoms with E-state index in [0.717, 1.165) is 5.69 Å². The average Bonchev–Trinajstić information content (AvgIpc) is 3.13. The van der Waals surface area contributed by atoms with Gasteiger partial charge in [0.15, 0.2) is 0 Å². The first-order valence-electron chi connectivity index (χ1n) is 9.68. The molecule has 28 heavy (non-hydrogen) atoms. The van der Waals surface area contributed by atoms with Gasteiger partial charge < -0.3 is 0 Å². The highest BCUT2D eigenvalue weighted by atomic mass is 32.1. The third-order valence-electron chi connectivity index (χ3n) is 5.33. The molecule has 0 unspecified atom stereocenters. The fraction of sp³-hybridized carbons (Fsp3) is 0.115. The van der Waals surface area contributed by atoms with Crippen LogP contribution in [0.1, 0.15) is 25.3 Å². The van der Waals surface area contributed by atoms with Crippen LogP contribution in [0.25, 0.3) is 42.6 Å². The van der Waals surface area contributed by atoms with Gasteiger partial charge in [-0.1, -0.05) is 74.5 Å². The molecule has 1 nitrogen and oxygen atoms in total. The van der Waals surface area contributed by atoms with Crippen LogP contribution in [-0.2, 0) is 0 Å². The molecule has 0 atom stereocenters. The lowest BCUT2D eigenvalue weighted by atomic mass is 9.97. The van der Waals surface area contributed by atoms with Gasteiger partial charge in [0, 0.05) is 31.9 Å². The lowest BCUT2D eigenvalue weighted by Crippen LogP contribution is -1.90. The number of hydrogen-bond acceptors (Lipinski definition) is 2. The van der Waals surface area contributed by atoms with Crippen molar-refractivity contribution in [3.05, 3.63) is 90.6 Å². The van der Waals surface area contributed by atoms with E-state index in [4.69, 9.17) is 4.98 Å². The number of benzene rings is 3.